The zero-order valence-corrected chi connectivity index (χ0v) is 38.0. The van der Waals surface area contributed by atoms with Crippen LogP contribution in [0.25, 0.3) is 0 Å². The number of phenols is 1. The quantitative estimate of drug-likeness (QED) is 0.0634. The van der Waals surface area contributed by atoms with Crippen LogP contribution in [-0.2, 0) is 30.2 Å². The van der Waals surface area contributed by atoms with Gasteiger partial charge in [-0.15, -0.1) is 8.80 Å². The van der Waals surface area contributed by atoms with Crippen molar-refractivity contribution < 1.29 is 57.2 Å². The first kappa shape index (κ1) is 48.6. The van der Waals surface area contributed by atoms with Gasteiger partial charge < -0.3 is 18.8 Å². The number of benzene rings is 4. The third-order valence-electron chi connectivity index (χ3n) is 8.47. The van der Waals surface area contributed by atoms with Crippen LogP contribution in [0.1, 0.15) is 49.9 Å². The summed E-state index contributed by atoms with van der Waals surface area (Å²) in [5.74, 6) is 0.293. The van der Waals surface area contributed by atoms with Crippen LogP contribution in [0.5, 0.6) is 23.0 Å². The average molecular weight is 976 g/mol. The Morgan fingerprint density at radius 3 is 1.56 bits per heavy atom. The van der Waals surface area contributed by atoms with Gasteiger partial charge >= 0.3 is 15.6 Å². The highest BCUT2D eigenvalue weighted by molar-refractivity contribution is 7.91. The number of hydrogen-bond acceptors (Lipinski definition) is 14. The molecule has 2 aliphatic heterocycles. The number of phenolic OH excluding ortho intramolecular Hbond substituents is 1. The maximum absolute atomic E-state index is 12.6. The zero-order chi connectivity index (χ0) is 46.7. The molecule has 0 bridgehead atoms. The minimum atomic E-state index is -5.99. The Balaban J connectivity index is 0.000000243. The molecule has 24 heteroatoms. The fraction of sp³-hybridized carbons (Fsp3) is 0.282. The molecule has 2 heterocycles. The number of rotatable bonds is 12. The Morgan fingerprint density at radius 2 is 1.14 bits per heavy atom. The molecule has 6 rings (SSSR count). The lowest BCUT2D eigenvalue weighted by Crippen LogP contribution is -2.30. The second kappa shape index (κ2) is 19.1. The lowest BCUT2D eigenvalue weighted by Gasteiger charge is -2.21. The van der Waals surface area contributed by atoms with Gasteiger partial charge in [0, 0.05) is 36.3 Å². The van der Waals surface area contributed by atoms with Crippen LogP contribution in [-0.4, -0.2) is 97.3 Å². The second-order valence-corrected chi connectivity index (χ2v) is 19.8. The van der Waals surface area contributed by atoms with Gasteiger partial charge in [0.05, 0.1) is 36.7 Å². The Labute approximate surface area is 372 Å². The molecule has 4 aromatic carbocycles. The molecule has 63 heavy (non-hydrogen) atoms. The van der Waals surface area contributed by atoms with Crippen molar-refractivity contribution in [3.8, 4) is 23.0 Å². The third-order valence-corrected chi connectivity index (χ3v) is 12.7. The van der Waals surface area contributed by atoms with Crippen molar-refractivity contribution in [3.63, 3.8) is 0 Å². The minimum Gasteiger partial charge on any atom is -0.508 e. The van der Waals surface area contributed by atoms with Gasteiger partial charge in [-0.05, 0) is 71.5 Å². The fourth-order valence-corrected chi connectivity index (χ4v) is 8.97. The number of ether oxygens (including phenoxy) is 2. The van der Waals surface area contributed by atoms with Crippen LogP contribution in [0.2, 0.25) is 10.0 Å². The van der Waals surface area contributed by atoms with Crippen LogP contribution in [0, 0.1) is 11.8 Å². The summed E-state index contributed by atoms with van der Waals surface area (Å²) in [5, 5.41) is 22.2. The summed E-state index contributed by atoms with van der Waals surface area (Å²) in [6, 6.07) is 16.9. The summed E-state index contributed by atoms with van der Waals surface area (Å²) in [7, 11) is -11.3. The molecule has 0 aromatic heterocycles. The normalized spacial score (nSPS) is 15.1. The number of aromatic hydroxyl groups is 1. The molecule has 0 saturated carbocycles. The molecular formula is C39H39Cl2F3N6O10S3. The lowest BCUT2D eigenvalue weighted by atomic mass is 10.1. The van der Waals surface area contributed by atoms with Gasteiger partial charge in [-0.1, -0.05) is 63.0 Å². The predicted octanol–water partition coefficient (Wildman–Crippen LogP) is 7.51. The molecule has 0 unspecified atom stereocenters. The smallest absolute Gasteiger partial charge is 0.508 e. The molecule has 338 valence electrons. The number of methoxy groups -OCH3 is 2. The molecule has 2 aliphatic rings. The van der Waals surface area contributed by atoms with Gasteiger partial charge in [-0.2, -0.15) is 48.6 Å². The van der Waals surface area contributed by atoms with E-state index in [1.54, 1.807) is 47.6 Å². The van der Waals surface area contributed by atoms with E-state index >= 15 is 0 Å². The number of hydrogen-bond donors (Lipinski definition) is 1. The molecule has 16 nitrogen and oxygen atoms in total. The summed E-state index contributed by atoms with van der Waals surface area (Å²) >= 11 is 12.1. The lowest BCUT2D eigenvalue weighted by molar-refractivity contribution is -0.0500. The van der Waals surface area contributed by atoms with Crippen molar-refractivity contribution in [1.82, 2.24) is 10.0 Å². The average Bonchev–Trinajstić information content (AvgIpc) is 3.62. The second-order valence-electron chi connectivity index (χ2n) is 14.3. The van der Waals surface area contributed by atoms with Gasteiger partial charge in [0.2, 0.25) is 0 Å². The van der Waals surface area contributed by atoms with E-state index in [0.29, 0.717) is 45.3 Å². The number of nitrogens with zero attached hydrogens (tertiary/aromatic N) is 6. The summed E-state index contributed by atoms with van der Waals surface area (Å²) in [5.41, 5.74) is -3.93. The van der Waals surface area contributed by atoms with E-state index in [2.05, 4.69) is 23.2 Å². The SMILES string of the molecule is COc1cc(/C=N/N(CC(C)C)C2=NS(=O)(=O)c3cc(O)ccc32)ccc1Cl.COc1cc(/C=N/N(CC(C)C)C2=NS(=O)(=O)c3cc(OS(=O)(=O)C(F)(F)F)ccc32)ccc1Cl. The molecular weight excluding hydrogens is 937 g/mol. The van der Waals surface area contributed by atoms with E-state index in [1.165, 1.54) is 43.6 Å². The van der Waals surface area contributed by atoms with Crippen LogP contribution >= 0.6 is 23.2 Å². The van der Waals surface area contributed by atoms with Crippen molar-refractivity contribution in [2.24, 2.45) is 30.8 Å². The standard InChI is InChI=1S/C20H19ClF3N3O6S2.C19H20ClN3O4S/c1-12(2)11-27(25-10-13-4-7-16(21)17(8-13)32-3)19-15-6-5-14(9-18(15)34(28,29)26-19)33-35(30,31)20(22,23)24;1-12(2)11-23(21-10-13-4-7-16(20)17(8-13)27-3)19-15-6-5-14(24)9-18(15)28(25,26)22-19/h4-10,12H,11H2,1-3H3;4-10,12,24H,11H2,1-3H3/b25-10+;21-10+. The largest absolute Gasteiger partial charge is 0.534 e. The molecule has 0 fully saturated rings. The number of alkyl halides is 3. The van der Waals surface area contributed by atoms with E-state index in [4.69, 9.17) is 32.7 Å². The van der Waals surface area contributed by atoms with E-state index in [1.807, 2.05) is 27.7 Å². The van der Waals surface area contributed by atoms with Crippen molar-refractivity contribution in [1.29, 1.82) is 0 Å². The van der Waals surface area contributed by atoms with Crippen LogP contribution < -0.4 is 13.7 Å². The van der Waals surface area contributed by atoms with Crippen molar-refractivity contribution >= 4 is 77.5 Å². The highest BCUT2D eigenvalue weighted by Crippen LogP contribution is 2.35. The zero-order valence-electron chi connectivity index (χ0n) is 34.1. The maximum atomic E-state index is 12.6. The Kier molecular flexibility index (Phi) is 14.8. The topological polar surface area (TPSA) is 206 Å². The maximum Gasteiger partial charge on any atom is 0.534 e. The van der Waals surface area contributed by atoms with Crippen molar-refractivity contribution in [2.45, 2.75) is 43.0 Å². The molecule has 0 radical (unpaired) electrons. The minimum absolute atomic E-state index is 0.000827. The summed E-state index contributed by atoms with van der Waals surface area (Å²) in [6.45, 7) is 8.40. The van der Waals surface area contributed by atoms with Crippen LogP contribution in [0.4, 0.5) is 13.2 Å². The fourth-order valence-electron chi connectivity index (χ4n) is 5.69. The van der Waals surface area contributed by atoms with E-state index < -0.39 is 46.3 Å². The van der Waals surface area contributed by atoms with Gasteiger partial charge in [-0.25, -0.2) is 10.0 Å². The number of amidine groups is 2. The van der Waals surface area contributed by atoms with E-state index in [9.17, 15) is 43.5 Å². The first-order valence-corrected chi connectivity index (χ1v) is 23.4. The Hall–Kier alpha value is -5.42. The predicted molar refractivity (Wildman–Crippen MR) is 232 cm³/mol. The van der Waals surface area contributed by atoms with E-state index in [-0.39, 0.29) is 46.3 Å². The molecule has 1 N–H and O–H groups in total. The van der Waals surface area contributed by atoms with Crippen molar-refractivity contribution in [3.05, 3.63) is 105 Å². The first-order valence-electron chi connectivity index (χ1n) is 18.3. The molecule has 4 aromatic rings. The summed E-state index contributed by atoms with van der Waals surface area (Å²) < 4.78 is 133. The first-order chi connectivity index (χ1) is 29.3. The number of fused-ring (bicyclic) bond motifs is 2. The van der Waals surface area contributed by atoms with Gasteiger partial charge in [0.15, 0.2) is 11.7 Å². The monoisotopic (exact) mass is 974 g/mol. The molecule has 0 atom stereocenters. The molecule has 0 spiro atoms. The van der Waals surface area contributed by atoms with Gasteiger partial charge in [0.1, 0.15) is 32.8 Å². The number of halogens is 5. The molecule has 0 amide bonds. The van der Waals surface area contributed by atoms with Crippen LogP contribution in [0.15, 0.2) is 102 Å². The number of sulfonamides is 2. The molecule has 0 saturated heterocycles. The highest BCUT2D eigenvalue weighted by Gasteiger charge is 2.49. The van der Waals surface area contributed by atoms with E-state index in [0.717, 1.165) is 17.7 Å². The Bertz CT molecular complexity index is 2860. The third kappa shape index (κ3) is 11.6. The number of hydrazone groups is 2. The van der Waals surface area contributed by atoms with Gasteiger partial charge in [-0.3, -0.25) is 0 Å². The van der Waals surface area contributed by atoms with Crippen molar-refractivity contribution in [2.75, 3.05) is 27.3 Å². The highest BCUT2D eigenvalue weighted by atomic mass is 35.5. The van der Waals surface area contributed by atoms with Crippen LogP contribution in [0.3, 0.4) is 0 Å². The Morgan fingerprint density at radius 1 is 0.714 bits per heavy atom. The molecule has 0 aliphatic carbocycles. The summed E-state index contributed by atoms with van der Waals surface area (Å²) in [6.07, 6.45) is 3.02. The summed E-state index contributed by atoms with van der Waals surface area (Å²) in [4.78, 5) is -0.542. The van der Waals surface area contributed by atoms with Gasteiger partial charge in [0.25, 0.3) is 20.0 Å².